The molecule has 8 heavy (non-hydrogen) atoms. The first-order valence-electron chi connectivity index (χ1n) is 1.84. The maximum atomic E-state index is 9.87. The molecule has 3 radical (unpaired) electrons. The van der Waals surface area contributed by atoms with Gasteiger partial charge < -0.3 is 5.11 Å². The molecule has 0 saturated heterocycles. The van der Waals surface area contributed by atoms with Crippen molar-refractivity contribution in [3.63, 3.8) is 0 Å². The van der Waals surface area contributed by atoms with Gasteiger partial charge in [-0.1, -0.05) is 0 Å². The number of aliphatic carboxylic acids is 1. The number of rotatable bonds is 2. The third kappa shape index (κ3) is 8.96. The molecular weight excluding hydrogens is 107 g/mol. The molecule has 0 aromatic carbocycles. The van der Waals surface area contributed by atoms with E-state index in [1.54, 1.807) is 0 Å². The Kier molecular flexibility index (Phi) is 5.59. The molecule has 0 aliphatic heterocycles. The Morgan fingerprint density at radius 1 is 1.50 bits per heavy atom. The fourth-order valence-corrected chi connectivity index (χ4v) is 0.213. The lowest BCUT2D eigenvalue weighted by Crippen LogP contribution is -2.00. The van der Waals surface area contributed by atoms with Gasteiger partial charge in [0.2, 0.25) is 0 Å². The first kappa shape index (κ1) is 10.2. The predicted molar refractivity (Wildman–Crippen MR) is 28.7 cm³/mol. The number of carboxylic acid groups (broad SMARTS) is 1. The van der Waals surface area contributed by atoms with Gasteiger partial charge in [0.05, 0.1) is 0 Å². The summed E-state index contributed by atoms with van der Waals surface area (Å²) in [5.41, 5.74) is 0. The van der Waals surface area contributed by atoms with Crippen molar-refractivity contribution in [2.75, 3.05) is 0 Å². The van der Waals surface area contributed by atoms with Crippen LogP contribution in [0.5, 0.6) is 0 Å². The summed E-state index contributed by atoms with van der Waals surface area (Å²) in [5, 5.41) is 7.86. The van der Waals surface area contributed by atoms with Gasteiger partial charge in [-0.2, -0.15) is 0 Å². The van der Waals surface area contributed by atoms with Crippen molar-refractivity contribution in [3.8, 4) is 0 Å². The van der Waals surface area contributed by atoms with E-state index in [-0.39, 0.29) is 20.6 Å². The van der Waals surface area contributed by atoms with E-state index in [4.69, 9.17) is 5.11 Å². The van der Waals surface area contributed by atoms with E-state index < -0.39 is 5.97 Å². The van der Waals surface area contributed by atoms with Gasteiger partial charge in [-0.05, 0) is 6.92 Å². The van der Waals surface area contributed by atoms with Crippen molar-refractivity contribution >= 4 is 20.2 Å². The molecule has 0 bridgehead atoms. The number of ketones is 1. The number of carbonyl (C=O) groups excluding carboxylic acids is 1. The summed E-state index contributed by atoms with van der Waals surface area (Å²) in [7, 11) is 0. The first-order valence-corrected chi connectivity index (χ1v) is 1.84. The quantitative estimate of drug-likeness (QED) is 0.394. The third-order valence-electron chi connectivity index (χ3n) is 0.400. The van der Waals surface area contributed by atoms with Crippen LogP contribution in [-0.4, -0.2) is 25.3 Å². The molecule has 0 aliphatic rings. The van der Waals surface area contributed by atoms with Crippen molar-refractivity contribution in [1.29, 1.82) is 0 Å². The highest BCUT2D eigenvalue weighted by Crippen LogP contribution is 1.77. The zero-order valence-electron chi connectivity index (χ0n) is 4.55. The van der Waals surface area contributed by atoms with Gasteiger partial charge in [0, 0.05) is 8.41 Å². The molecule has 0 aromatic heterocycles. The average molecular weight is 113 g/mol. The minimum absolute atomic E-state index is 0. The average Bonchev–Trinajstić information content (AvgIpc) is 1.27. The van der Waals surface area contributed by atoms with Crippen LogP contribution in [0.2, 0.25) is 0 Å². The van der Waals surface area contributed by atoms with Crippen LogP contribution in [0.1, 0.15) is 13.3 Å². The monoisotopic (exact) mass is 113 g/mol. The lowest BCUT2D eigenvalue weighted by molar-refractivity contribution is -0.139. The van der Waals surface area contributed by atoms with Gasteiger partial charge in [0.15, 0.2) is 0 Å². The van der Waals surface area contributed by atoms with Gasteiger partial charge in [-0.3, -0.25) is 9.59 Å². The zero-order chi connectivity index (χ0) is 5.86. The Morgan fingerprint density at radius 3 is 1.88 bits per heavy atom. The molecule has 0 unspecified atom stereocenters. The Balaban J connectivity index is 0. The van der Waals surface area contributed by atoms with E-state index in [2.05, 4.69) is 0 Å². The Morgan fingerprint density at radius 2 is 1.88 bits per heavy atom. The summed E-state index contributed by atoms with van der Waals surface area (Å²) in [5.74, 6) is -1.37. The molecule has 43 valence electrons. The second-order valence-electron chi connectivity index (χ2n) is 1.27. The molecule has 0 spiro atoms. The van der Waals surface area contributed by atoms with Crippen LogP contribution in [0.4, 0.5) is 0 Å². The smallest absolute Gasteiger partial charge is 0.310 e. The van der Waals surface area contributed by atoms with E-state index in [9.17, 15) is 9.59 Å². The molecule has 0 amide bonds. The minimum Gasteiger partial charge on any atom is -0.481 e. The van der Waals surface area contributed by atoms with E-state index in [0.717, 1.165) is 0 Å². The minimum atomic E-state index is -1.06. The van der Waals surface area contributed by atoms with Gasteiger partial charge >= 0.3 is 5.97 Å². The van der Waals surface area contributed by atoms with Crippen LogP contribution < -0.4 is 0 Å². The van der Waals surface area contributed by atoms with E-state index >= 15 is 0 Å². The first-order chi connectivity index (χ1) is 3.13. The van der Waals surface area contributed by atoms with Gasteiger partial charge in [0.25, 0.3) is 0 Å². The largest absolute Gasteiger partial charge is 0.481 e. The molecule has 1 N–H and O–H groups in total. The number of carboxylic acids is 1. The maximum Gasteiger partial charge on any atom is 0.310 e. The summed E-state index contributed by atoms with van der Waals surface area (Å²) >= 11 is 0. The zero-order valence-corrected chi connectivity index (χ0v) is 4.55. The van der Waals surface area contributed by atoms with Crippen LogP contribution in [-0.2, 0) is 9.59 Å². The summed E-state index contributed by atoms with van der Waals surface area (Å²) in [6.07, 6.45) is -0.361. The Labute approximate surface area is 49.3 Å². The van der Waals surface area contributed by atoms with Gasteiger partial charge in [-0.25, -0.2) is 0 Å². The number of hydrogen-bond donors (Lipinski definition) is 1. The topological polar surface area (TPSA) is 54.4 Å². The molecule has 0 saturated carbocycles. The number of Topliss-reactive ketones (excluding diaryl/α,β-unsaturated/α-hetero) is 1. The van der Waals surface area contributed by atoms with Crippen LogP contribution in [0.25, 0.3) is 0 Å². The van der Waals surface area contributed by atoms with Crippen molar-refractivity contribution in [2.45, 2.75) is 13.3 Å². The molecule has 0 fully saturated rings. The summed E-state index contributed by atoms with van der Waals surface area (Å²) in [4.78, 5) is 19.5. The molecule has 0 aromatic rings. The summed E-state index contributed by atoms with van der Waals surface area (Å²) in [6.45, 7) is 1.24. The van der Waals surface area contributed by atoms with Crippen molar-refractivity contribution in [1.82, 2.24) is 0 Å². The SMILES string of the molecule is CC(=O)CC(=O)O.[B]. The van der Waals surface area contributed by atoms with Crippen molar-refractivity contribution in [3.05, 3.63) is 0 Å². The highest BCUT2D eigenvalue weighted by atomic mass is 16.4. The molecule has 3 nitrogen and oxygen atoms in total. The van der Waals surface area contributed by atoms with Crippen LogP contribution in [0.3, 0.4) is 0 Å². The normalized spacial score (nSPS) is 7.12. The number of hydrogen-bond acceptors (Lipinski definition) is 2. The molecule has 0 aliphatic carbocycles. The van der Waals surface area contributed by atoms with Crippen molar-refractivity contribution < 1.29 is 14.7 Å². The molecular formula is C4H6BO3. The van der Waals surface area contributed by atoms with Crippen LogP contribution >= 0.6 is 0 Å². The summed E-state index contributed by atoms with van der Waals surface area (Å²) in [6, 6.07) is 0. The fraction of sp³-hybridized carbons (Fsp3) is 0.500. The van der Waals surface area contributed by atoms with Gasteiger partial charge in [0.1, 0.15) is 12.2 Å². The Bertz CT molecular complexity index is 87.5. The fourth-order valence-electron chi connectivity index (χ4n) is 0.213. The second kappa shape index (κ2) is 4.37. The van der Waals surface area contributed by atoms with E-state index in [1.807, 2.05) is 0 Å². The highest BCUT2D eigenvalue weighted by molar-refractivity contribution is 5.93. The Hall–Kier alpha value is -0.795. The lowest BCUT2D eigenvalue weighted by atomic mass is 10.3. The van der Waals surface area contributed by atoms with E-state index in [0.29, 0.717) is 0 Å². The molecule has 4 heteroatoms. The molecule has 0 heterocycles. The second-order valence-corrected chi connectivity index (χ2v) is 1.27. The standard InChI is InChI=1S/C4H6O3.B/c1-3(5)2-4(6)7;/h2H2,1H3,(H,6,7);. The van der Waals surface area contributed by atoms with E-state index in [1.165, 1.54) is 6.92 Å². The summed E-state index contributed by atoms with van der Waals surface area (Å²) < 4.78 is 0. The van der Waals surface area contributed by atoms with Crippen LogP contribution in [0, 0.1) is 0 Å². The lowest BCUT2D eigenvalue weighted by Gasteiger charge is -1.80. The van der Waals surface area contributed by atoms with Gasteiger partial charge in [-0.15, -0.1) is 0 Å². The number of carbonyl (C=O) groups is 2. The maximum absolute atomic E-state index is 9.87. The molecule has 0 atom stereocenters. The predicted octanol–water partition coefficient (Wildman–Crippen LogP) is -0.331. The van der Waals surface area contributed by atoms with Crippen LogP contribution in [0.15, 0.2) is 0 Å². The molecule has 0 rings (SSSR count). The third-order valence-corrected chi connectivity index (χ3v) is 0.400. The highest BCUT2D eigenvalue weighted by Gasteiger charge is 1.98. The van der Waals surface area contributed by atoms with Crippen molar-refractivity contribution in [2.24, 2.45) is 0 Å².